The van der Waals surface area contributed by atoms with E-state index >= 15 is 0 Å². The van der Waals surface area contributed by atoms with Gasteiger partial charge in [0, 0.05) is 6.42 Å². The molecule has 3 nitrogen and oxygen atoms in total. The molecule has 154 valence electrons. The fourth-order valence-corrected chi connectivity index (χ4v) is 3.95. The summed E-state index contributed by atoms with van der Waals surface area (Å²) < 4.78 is 6.16. The first kappa shape index (κ1) is 21.2. The van der Waals surface area contributed by atoms with Gasteiger partial charge in [0.05, 0.1) is 0 Å². The lowest BCUT2D eigenvalue weighted by Crippen LogP contribution is -2.07. The van der Waals surface area contributed by atoms with Crippen LogP contribution in [0.5, 0.6) is 5.75 Å². The van der Waals surface area contributed by atoms with Crippen molar-refractivity contribution in [2.24, 2.45) is 0 Å². The summed E-state index contributed by atoms with van der Waals surface area (Å²) in [7, 11) is 0. The lowest BCUT2D eigenvalue weighted by atomic mass is 9.89. The molecule has 0 heterocycles. The number of ether oxygens (including phenoxy) is 1. The van der Waals surface area contributed by atoms with Crippen LogP contribution in [-0.2, 0) is 11.2 Å². The largest absolute Gasteiger partial charge is 0.489 e. The minimum Gasteiger partial charge on any atom is -0.489 e. The highest BCUT2D eigenvalue weighted by Gasteiger charge is 2.13. The summed E-state index contributed by atoms with van der Waals surface area (Å²) in [5.74, 6) is 0.145. The third kappa shape index (κ3) is 6.77. The van der Waals surface area contributed by atoms with Crippen LogP contribution < -0.4 is 4.74 Å². The average molecular weight is 393 g/mol. The van der Waals surface area contributed by atoms with Crippen LogP contribution in [0.25, 0.3) is 5.57 Å². The quantitative estimate of drug-likeness (QED) is 0.551. The number of hydrogen-bond acceptors (Lipinski definition) is 2. The van der Waals surface area contributed by atoms with Crippen LogP contribution in [0.15, 0.2) is 54.1 Å². The molecule has 0 saturated carbocycles. The summed E-state index contributed by atoms with van der Waals surface area (Å²) in [6.45, 7) is 2.77. The van der Waals surface area contributed by atoms with E-state index in [0.29, 0.717) is 13.0 Å². The molecule has 29 heavy (non-hydrogen) atoms. The van der Waals surface area contributed by atoms with Crippen molar-refractivity contribution in [2.75, 3.05) is 6.61 Å². The average Bonchev–Trinajstić information content (AvgIpc) is 2.69. The molecule has 2 aromatic carbocycles. The first-order valence-electron chi connectivity index (χ1n) is 10.8. The van der Waals surface area contributed by atoms with Crippen molar-refractivity contribution in [2.45, 2.75) is 64.7 Å². The normalized spacial score (nSPS) is 17.4. The molecule has 0 aliphatic heterocycles. The lowest BCUT2D eigenvalue weighted by molar-refractivity contribution is -0.137. The van der Waals surface area contributed by atoms with E-state index < -0.39 is 5.97 Å². The number of aryl methyl sites for hydroxylation is 2. The van der Waals surface area contributed by atoms with Gasteiger partial charge in [-0.05, 0) is 79.9 Å². The van der Waals surface area contributed by atoms with Crippen molar-refractivity contribution in [3.05, 3.63) is 70.8 Å². The Morgan fingerprint density at radius 1 is 0.931 bits per heavy atom. The molecule has 0 radical (unpaired) electrons. The topological polar surface area (TPSA) is 46.5 Å². The maximum absolute atomic E-state index is 10.6. The molecule has 0 bridgehead atoms. The Balaban J connectivity index is 1.67. The van der Waals surface area contributed by atoms with Gasteiger partial charge < -0.3 is 9.84 Å². The molecular weight excluding hydrogens is 360 g/mol. The fourth-order valence-electron chi connectivity index (χ4n) is 3.95. The molecule has 0 aromatic heterocycles. The van der Waals surface area contributed by atoms with Crippen molar-refractivity contribution in [1.29, 1.82) is 0 Å². The standard InChI is InChI=1S/C26H32O3/c1-20-11-15-22(16-12-20)25-9-5-3-2-4-8-23(25)19-29-24-17-13-21(14-18-24)7-6-10-26(27)28/h11-18H,2-10,19H2,1H3,(H,27,28)/b25-23-. The summed E-state index contributed by atoms with van der Waals surface area (Å²) in [6, 6.07) is 17.0. The Labute approximate surface area is 174 Å². The van der Waals surface area contributed by atoms with Crippen molar-refractivity contribution in [3.63, 3.8) is 0 Å². The predicted molar refractivity (Wildman–Crippen MR) is 118 cm³/mol. The molecule has 3 rings (SSSR count). The minimum absolute atomic E-state index is 0.216. The van der Waals surface area contributed by atoms with E-state index in [-0.39, 0.29) is 6.42 Å². The molecule has 0 amide bonds. The molecule has 3 heteroatoms. The van der Waals surface area contributed by atoms with Crippen LogP contribution in [0.2, 0.25) is 0 Å². The second-order valence-electron chi connectivity index (χ2n) is 8.04. The fraction of sp³-hybridized carbons (Fsp3) is 0.423. The van der Waals surface area contributed by atoms with Gasteiger partial charge in [-0.15, -0.1) is 0 Å². The van der Waals surface area contributed by atoms with Gasteiger partial charge in [-0.2, -0.15) is 0 Å². The minimum atomic E-state index is -0.734. The molecule has 0 fully saturated rings. The van der Waals surface area contributed by atoms with Gasteiger partial charge in [-0.25, -0.2) is 0 Å². The number of rotatable bonds is 8. The van der Waals surface area contributed by atoms with Crippen LogP contribution in [0, 0.1) is 6.92 Å². The van der Waals surface area contributed by atoms with E-state index in [4.69, 9.17) is 9.84 Å². The number of carbonyl (C=O) groups is 1. The number of carboxylic acids is 1. The van der Waals surface area contributed by atoms with Gasteiger partial charge in [0.2, 0.25) is 0 Å². The van der Waals surface area contributed by atoms with Crippen molar-refractivity contribution in [1.82, 2.24) is 0 Å². The van der Waals surface area contributed by atoms with Crippen molar-refractivity contribution >= 4 is 11.5 Å². The Bertz CT molecular complexity index is 816. The first-order valence-corrected chi connectivity index (χ1v) is 10.8. The van der Waals surface area contributed by atoms with Gasteiger partial charge in [0.1, 0.15) is 12.4 Å². The summed E-state index contributed by atoms with van der Waals surface area (Å²) >= 11 is 0. The molecule has 0 unspecified atom stereocenters. The van der Waals surface area contributed by atoms with E-state index in [0.717, 1.165) is 30.6 Å². The summed E-state index contributed by atoms with van der Waals surface area (Å²) in [4.78, 5) is 10.6. The highest BCUT2D eigenvalue weighted by molar-refractivity contribution is 5.69. The van der Waals surface area contributed by atoms with E-state index in [9.17, 15) is 4.79 Å². The Morgan fingerprint density at radius 2 is 1.62 bits per heavy atom. The van der Waals surface area contributed by atoms with Crippen molar-refractivity contribution in [3.8, 4) is 5.75 Å². The summed E-state index contributed by atoms with van der Waals surface area (Å²) in [5, 5.41) is 8.76. The van der Waals surface area contributed by atoms with E-state index in [1.54, 1.807) is 0 Å². The zero-order chi connectivity index (χ0) is 20.5. The number of hydrogen-bond donors (Lipinski definition) is 1. The third-order valence-corrected chi connectivity index (χ3v) is 5.67. The monoisotopic (exact) mass is 392 g/mol. The van der Waals surface area contributed by atoms with Gasteiger partial charge in [0.25, 0.3) is 0 Å². The Morgan fingerprint density at radius 3 is 2.31 bits per heavy atom. The van der Waals surface area contributed by atoms with Crippen LogP contribution in [0.3, 0.4) is 0 Å². The molecule has 1 aliphatic rings. The zero-order valence-electron chi connectivity index (χ0n) is 17.5. The maximum Gasteiger partial charge on any atom is 0.303 e. The summed E-state index contributed by atoms with van der Waals surface area (Å²) in [5.41, 5.74) is 6.68. The van der Waals surface area contributed by atoms with E-state index in [1.807, 2.05) is 24.3 Å². The van der Waals surface area contributed by atoms with E-state index in [1.165, 1.54) is 48.0 Å². The molecule has 2 aromatic rings. The molecule has 1 N–H and O–H groups in total. The van der Waals surface area contributed by atoms with Crippen LogP contribution >= 0.6 is 0 Å². The van der Waals surface area contributed by atoms with Crippen LogP contribution in [-0.4, -0.2) is 17.7 Å². The smallest absolute Gasteiger partial charge is 0.303 e. The highest BCUT2D eigenvalue weighted by Crippen LogP contribution is 2.31. The van der Waals surface area contributed by atoms with Crippen molar-refractivity contribution < 1.29 is 14.6 Å². The highest BCUT2D eigenvalue weighted by atomic mass is 16.5. The number of carboxylic acid groups (broad SMARTS) is 1. The maximum atomic E-state index is 10.6. The third-order valence-electron chi connectivity index (χ3n) is 5.67. The number of allylic oxidation sites excluding steroid dienone is 1. The van der Waals surface area contributed by atoms with Crippen LogP contribution in [0.1, 0.15) is 68.1 Å². The van der Waals surface area contributed by atoms with Gasteiger partial charge in [-0.1, -0.05) is 54.8 Å². The molecular formula is C26H32O3. The Hall–Kier alpha value is -2.55. The number of benzene rings is 2. The molecule has 1 aliphatic carbocycles. The second-order valence-corrected chi connectivity index (χ2v) is 8.04. The lowest BCUT2D eigenvalue weighted by Gasteiger charge is -2.20. The first-order chi connectivity index (χ1) is 14.1. The van der Waals surface area contributed by atoms with Gasteiger partial charge >= 0.3 is 5.97 Å². The molecule has 0 atom stereocenters. The zero-order valence-corrected chi connectivity index (χ0v) is 17.5. The number of aliphatic carboxylic acids is 1. The SMILES string of the molecule is Cc1ccc(/C2=C(\COc3ccc(CCCC(=O)O)cc3)CCCCCC2)cc1. The summed E-state index contributed by atoms with van der Waals surface area (Å²) in [6.07, 6.45) is 9.00. The van der Waals surface area contributed by atoms with Crippen LogP contribution in [0.4, 0.5) is 0 Å². The van der Waals surface area contributed by atoms with Gasteiger partial charge in [-0.3, -0.25) is 4.79 Å². The molecule has 0 spiro atoms. The molecule has 0 saturated heterocycles. The predicted octanol–water partition coefficient (Wildman–Crippen LogP) is 6.59. The van der Waals surface area contributed by atoms with Gasteiger partial charge in [0.15, 0.2) is 0 Å². The Kier molecular flexibility index (Phi) is 7.92. The second kappa shape index (κ2) is 10.8. The van der Waals surface area contributed by atoms with E-state index in [2.05, 4.69) is 31.2 Å².